The van der Waals surface area contributed by atoms with E-state index in [1.807, 2.05) is 6.92 Å². The Kier molecular flexibility index (Phi) is 4.01. The van der Waals surface area contributed by atoms with Crippen LogP contribution >= 0.6 is 11.6 Å². The quantitative estimate of drug-likeness (QED) is 0.876. The van der Waals surface area contributed by atoms with Crippen LogP contribution in [0.2, 0.25) is 5.02 Å². The molecule has 0 bridgehead atoms. The van der Waals surface area contributed by atoms with Crippen LogP contribution < -0.4 is 10.5 Å². The minimum atomic E-state index is -0.647. The van der Waals surface area contributed by atoms with Crippen LogP contribution in [-0.2, 0) is 0 Å². The third kappa shape index (κ3) is 2.85. The van der Waals surface area contributed by atoms with E-state index in [9.17, 15) is 4.79 Å². The second kappa shape index (κ2) is 5.71. The van der Waals surface area contributed by atoms with E-state index in [0.29, 0.717) is 28.6 Å². The molecule has 100 valence electrons. The van der Waals surface area contributed by atoms with Gasteiger partial charge in [-0.2, -0.15) is 15.4 Å². The number of carbonyl (C=O) groups excluding carboxylic acids is 1. The molecule has 2 rings (SSSR count). The Balaban J connectivity index is 2.33. The van der Waals surface area contributed by atoms with E-state index in [4.69, 9.17) is 22.1 Å². The molecular weight excluding hydrogens is 268 g/mol. The Morgan fingerprint density at radius 1 is 1.47 bits per heavy atom. The summed E-state index contributed by atoms with van der Waals surface area (Å²) in [6.45, 7) is 2.60. The zero-order valence-electron chi connectivity index (χ0n) is 10.3. The molecule has 1 heterocycles. The van der Waals surface area contributed by atoms with Crippen molar-refractivity contribution in [2.75, 3.05) is 6.61 Å². The van der Waals surface area contributed by atoms with Gasteiger partial charge in [-0.1, -0.05) is 18.5 Å². The third-order valence-electron chi connectivity index (χ3n) is 2.45. The van der Waals surface area contributed by atoms with Crippen molar-refractivity contribution in [3.8, 4) is 17.0 Å². The molecule has 1 aromatic carbocycles. The number of aromatic amines is 1. The zero-order chi connectivity index (χ0) is 13.8. The molecule has 2 aromatic rings. The molecule has 6 nitrogen and oxygen atoms in total. The topological polar surface area (TPSA) is 93.9 Å². The van der Waals surface area contributed by atoms with Crippen LogP contribution in [0.25, 0.3) is 11.3 Å². The maximum absolute atomic E-state index is 11.2. The van der Waals surface area contributed by atoms with E-state index in [2.05, 4.69) is 15.4 Å². The van der Waals surface area contributed by atoms with Gasteiger partial charge in [-0.25, -0.2) is 0 Å². The van der Waals surface area contributed by atoms with Gasteiger partial charge in [0.1, 0.15) is 11.4 Å². The number of amides is 1. The summed E-state index contributed by atoms with van der Waals surface area (Å²) in [4.78, 5) is 11.2. The average Bonchev–Trinajstić information content (AvgIpc) is 2.86. The van der Waals surface area contributed by atoms with Crippen LogP contribution in [0.3, 0.4) is 0 Å². The number of hydrogen-bond donors (Lipinski definition) is 2. The minimum Gasteiger partial charge on any atom is -0.492 e. The van der Waals surface area contributed by atoms with E-state index in [0.717, 1.165) is 6.42 Å². The molecule has 3 N–H and O–H groups in total. The number of aromatic nitrogens is 3. The van der Waals surface area contributed by atoms with E-state index in [1.165, 1.54) is 0 Å². The Morgan fingerprint density at radius 3 is 2.89 bits per heavy atom. The molecule has 1 amide bonds. The van der Waals surface area contributed by atoms with E-state index < -0.39 is 5.91 Å². The molecule has 19 heavy (non-hydrogen) atoms. The SMILES string of the molecule is CCCOc1ccc(-c2n[nH]nc2C(N)=O)cc1Cl. The van der Waals surface area contributed by atoms with Gasteiger partial charge >= 0.3 is 0 Å². The summed E-state index contributed by atoms with van der Waals surface area (Å²) in [5.41, 5.74) is 6.31. The molecule has 0 atom stereocenters. The number of benzene rings is 1. The van der Waals surface area contributed by atoms with Crippen molar-refractivity contribution in [1.82, 2.24) is 15.4 Å². The maximum Gasteiger partial charge on any atom is 0.271 e. The van der Waals surface area contributed by atoms with Crippen LogP contribution in [0.15, 0.2) is 18.2 Å². The van der Waals surface area contributed by atoms with Crippen LogP contribution in [0.4, 0.5) is 0 Å². The molecule has 0 saturated heterocycles. The van der Waals surface area contributed by atoms with Gasteiger partial charge in [-0.05, 0) is 24.6 Å². The lowest BCUT2D eigenvalue weighted by molar-refractivity contribution is 0.0996. The first kappa shape index (κ1) is 13.4. The van der Waals surface area contributed by atoms with Crippen molar-refractivity contribution in [2.45, 2.75) is 13.3 Å². The molecule has 0 radical (unpaired) electrons. The van der Waals surface area contributed by atoms with Crippen molar-refractivity contribution in [3.63, 3.8) is 0 Å². The lowest BCUT2D eigenvalue weighted by Gasteiger charge is -2.07. The summed E-state index contributed by atoms with van der Waals surface area (Å²) in [7, 11) is 0. The first-order valence-electron chi connectivity index (χ1n) is 5.76. The predicted molar refractivity (Wildman–Crippen MR) is 71.1 cm³/mol. The minimum absolute atomic E-state index is 0.0818. The molecule has 0 unspecified atom stereocenters. The number of halogens is 1. The van der Waals surface area contributed by atoms with Gasteiger partial charge in [-0.3, -0.25) is 4.79 Å². The maximum atomic E-state index is 11.2. The van der Waals surface area contributed by atoms with Crippen LogP contribution in [-0.4, -0.2) is 27.9 Å². The lowest BCUT2D eigenvalue weighted by Crippen LogP contribution is -2.12. The number of nitrogens with zero attached hydrogens (tertiary/aromatic N) is 2. The summed E-state index contributed by atoms with van der Waals surface area (Å²) in [6, 6.07) is 5.14. The Morgan fingerprint density at radius 2 is 2.26 bits per heavy atom. The van der Waals surface area contributed by atoms with Gasteiger partial charge < -0.3 is 10.5 Å². The van der Waals surface area contributed by atoms with Gasteiger partial charge in [0, 0.05) is 5.56 Å². The second-order valence-electron chi connectivity index (χ2n) is 3.88. The smallest absolute Gasteiger partial charge is 0.271 e. The molecule has 0 saturated carbocycles. The lowest BCUT2D eigenvalue weighted by atomic mass is 10.1. The molecule has 0 aliphatic carbocycles. The highest BCUT2D eigenvalue weighted by atomic mass is 35.5. The van der Waals surface area contributed by atoms with Crippen molar-refractivity contribution in [2.24, 2.45) is 5.73 Å². The summed E-state index contributed by atoms with van der Waals surface area (Å²) in [5, 5.41) is 10.4. The van der Waals surface area contributed by atoms with Gasteiger partial charge in [-0.15, -0.1) is 0 Å². The average molecular weight is 281 g/mol. The molecule has 0 spiro atoms. The molecular formula is C12H13ClN4O2. The summed E-state index contributed by atoms with van der Waals surface area (Å²) >= 11 is 6.11. The molecule has 0 aliphatic rings. The Hall–Kier alpha value is -2.08. The van der Waals surface area contributed by atoms with Crippen molar-refractivity contribution >= 4 is 17.5 Å². The van der Waals surface area contributed by atoms with E-state index >= 15 is 0 Å². The van der Waals surface area contributed by atoms with Crippen LogP contribution in [0.1, 0.15) is 23.8 Å². The number of nitrogens with two attached hydrogens (primary N) is 1. The fourth-order valence-corrected chi connectivity index (χ4v) is 1.82. The summed E-state index contributed by atoms with van der Waals surface area (Å²) in [6.07, 6.45) is 0.896. The van der Waals surface area contributed by atoms with Crippen molar-refractivity contribution in [1.29, 1.82) is 0 Å². The highest BCUT2D eigenvalue weighted by Crippen LogP contribution is 2.30. The highest BCUT2D eigenvalue weighted by molar-refractivity contribution is 6.32. The fraction of sp³-hybridized carbons (Fsp3) is 0.250. The fourth-order valence-electron chi connectivity index (χ4n) is 1.58. The monoisotopic (exact) mass is 280 g/mol. The number of hydrogen-bond acceptors (Lipinski definition) is 4. The van der Waals surface area contributed by atoms with Crippen LogP contribution in [0, 0.1) is 0 Å². The normalized spacial score (nSPS) is 10.4. The van der Waals surface area contributed by atoms with E-state index in [1.54, 1.807) is 18.2 Å². The number of primary amides is 1. The van der Waals surface area contributed by atoms with Gasteiger partial charge in [0.25, 0.3) is 5.91 Å². The van der Waals surface area contributed by atoms with E-state index in [-0.39, 0.29) is 5.69 Å². The number of ether oxygens (including phenoxy) is 1. The second-order valence-corrected chi connectivity index (χ2v) is 4.29. The standard InChI is InChI=1S/C12H13ClN4O2/c1-2-5-19-9-4-3-7(6-8(9)13)10-11(12(14)18)16-17-15-10/h3-4,6H,2,5H2,1H3,(H2,14,18)(H,15,16,17). The highest BCUT2D eigenvalue weighted by Gasteiger charge is 2.16. The van der Waals surface area contributed by atoms with Crippen molar-refractivity contribution in [3.05, 3.63) is 28.9 Å². The van der Waals surface area contributed by atoms with Crippen LogP contribution in [0.5, 0.6) is 5.75 Å². The van der Waals surface area contributed by atoms with Gasteiger partial charge in [0.2, 0.25) is 0 Å². The first-order valence-corrected chi connectivity index (χ1v) is 6.14. The number of carbonyl (C=O) groups is 1. The first-order chi connectivity index (χ1) is 9.13. The summed E-state index contributed by atoms with van der Waals surface area (Å²) < 4.78 is 5.47. The Labute approximate surface area is 114 Å². The molecule has 0 fully saturated rings. The third-order valence-corrected chi connectivity index (χ3v) is 2.74. The zero-order valence-corrected chi connectivity index (χ0v) is 11.1. The Bertz CT molecular complexity index is 597. The van der Waals surface area contributed by atoms with Crippen molar-refractivity contribution < 1.29 is 9.53 Å². The largest absolute Gasteiger partial charge is 0.492 e. The van der Waals surface area contributed by atoms with Gasteiger partial charge in [0.05, 0.1) is 11.6 Å². The summed E-state index contributed by atoms with van der Waals surface area (Å²) in [5.74, 6) is -0.0532. The van der Waals surface area contributed by atoms with Gasteiger partial charge in [0.15, 0.2) is 5.69 Å². The molecule has 1 aromatic heterocycles. The number of rotatable bonds is 5. The number of H-pyrrole nitrogens is 1. The molecule has 7 heteroatoms. The predicted octanol–water partition coefficient (Wildman–Crippen LogP) is 2.01. The molecule has 0 aliphatic heterocycles. The number of nitrogens with one attached hydrogen (secondary N) is 1.